The minimum Gasteiger partial charge on any atom is -0.505 e. The molecule has 2 amide bonds. The highest BCUT2D eigenvalue weighted by Crippen LogP contribution is 2.31. The van der Waals surface area contributed by atoms with E-state index < -0.39 is 23.4 Å². The van der Waals surface area contributed by atoms with Gasteiger partial charge < -0.3 is 5.11 Å². The van der Waals surface area contributed by atoms with Gasteiger partial charge in [-0.25, -0.2) is 4.90 Å². The Morgan fingerprint density at radius 2 is 1.52 bits per heavy atom. The van der Waals surface area contributed by atoms with Gasteiger partial charge in [-0.15, -0.1) is 0 Å². The van der Waals surface area contributed by atoms with Crippen LogP contribution in [-0.2, 0) is 9.59 Å². The lowest BCUT2D eigenvalue weighted by Crippen LogP contribution is -2.33. The molecule has 1 aliphatic rings. The summed E-state index contributed by atoms with van der Waals surface area (Å²) in [6.45, 7) is 1.18. The monoisotopic (exact) mass is 333 g/mol. The summed E-state index contributed by atoms with van der Waals surface area (Å²) in [6, 6.07) is 17.2. The average Bonchev–Trinajstić information content (AvgIpc) is 2.86. The second kappa shape index (κ2) is 6.57. The summed E-state index contributed by atoms with van der Waals surface area (Å²) in [4.78, 5) is 38.0. The fraction of sp³-hybridized carbons (Fsp3) is 0.0500. The molecule has 0 fully saturated rings. The maximum absolute atomic E-state index is 12.8. The predicted molar refractivity (Wildman–Crippen MR) is 92.4 cm³/mol. The van der Waals surface area contributed by atoms with Gasteiger partial charge in [0, 0.05) is 5.56 Å². The molecule has 124 valence electrons. The molecule has 5 nitrogen and oxygen atoms in total. The lowest BCUT2D eigenvalue weighted by atomic mass is 10.1. The molecule has 0 atom stereocenters. The molecule has 3 rings (SSSR count). The highest BCUT2D eigenvalue weighted by molar-refractivity contribution is 6.27. The zero-order valence-corrected chi connectivity index (χ0v) is 13.5. The van der Waals surface area contributed by atoms with Crippen LogP contribution >= 0.6 is 0 Å². The van der Waals surface area contributed by atoms with Crippen molar-refractivity contribution in [2.24, 2.45) is 0 Å². The van der Waals surface area contributed by atoms with Gasteiger partial charge in [0.1, 0.15) is 5.57 Å². The minimum atomic E-state index is -0.818. The largest absolute Gasteiger partial charge is 0.505 e. The quantitative estimate of drug-likeness (QED) is 0.692. The Hall–Kier alpha value is -3.47. The van der Waals surface area contributed by atoms with Crippen LogP contribution < -0.4 is 0 Å². The number of Topliss-reactive ketones (excluding diaryl/α,β-unsaturated/α-hetero) is 1. The summed E-state index contributed by atoms with van der Waals surface area (Å²) >= 11 is 0. The molecule has 0 unspecified atom stereocenters. The smallest absolute Gasteiger partial charge is 0.272 e. The average molecular weight is 333 g/mol. The molecule has 1 aliphatic heterocycles. The number of hydrogen-bond acceptors (Lipinski definition) is 4. The van der Waals surface area contributed by atoms with E-state index in [0.717, 1.165) is 4.90 Å². The zero-order valence-electron chi connectivity index (χ0n) is 13.5. The molecule has 2 aromatic carbocycles. The number of carbonyl (C=O) groups excluding carboxylic acids is 3. The van der Waals surface area contributed by atoms with Crippen molar-refractivity contribution >= 4 is 23.7 Å². The van der Waals surface area contributed by atoms with Crippen LogP contribution in [0, 0.1) is 0 Å². The highest BCUT2D eigenvalue weighted by Gasteiger charge is 2.41. The third kappa shape index (κ3) is 2.99. The maximum atomic E-state index is 12.8. The van der Waals surface area contributed by atoms with Gasteiger partial charge in [-0.3, -0.25) is 14.4 Å². The molecule has 0 spiro atoms. The number of ketones is 1. The van der Waals surface area contributed by atoms with Crippen LogP contribution in [-0.4, -0.2) is 27.6 Å². The molecule has 0 aliphatic carbocycles. The van der Waals surface area contributed by atoms with Crippen molar-refractivity contribution in [1.29, 1.82) is 0 Å². The number of rotatable bonds is 3. The van der Waals surface area contributed by atoms with Gasteiger partial charge in [0.15, 0.2) is 11.5 Å². The van der Waals surface area contributed by atoms with Crippen LogP contribution in [0.3, 0.4) is 0 Å². The van der Waals surface area contributed by atoms with Gasteiger partial charge in [0.25, 0.3) is 11.8 Å². The molecule has 0 saturated carbocycles. The van der Waals surface area contributed by atoms with Crippen molar-refractivity contribution in [3.05, 3.63) is 88.8 Å². The fourth-order valence-corrected chi connectivity index (χ4v) is 2.63. The Bertz CT molecular complexity index is 911. The van der Waals surface area contributed by atoms with Crippen molar-refractivity contribution in [3.63, 3.8) is 0 Å². The van der Waals surface area contributed by atoms with E-state index in [-0.39, 0.29) is 16.8 Å². The molecule has 1 N–H and O–H groups in total. The van der Waals surface area contributed by atoms with Crippen LogP contribution in [0.2, 0.25) is 0 Å². The van der Waals surface area contributed by atoms with Crippen LogP contribution in [0.5, 0.6) is 0 Å². The topological polar surface area (TPSA) is 74.7 Å². The SMILES string of the molecule is CC(=O)C1=C(O)/C(=C/c2ccccc2)N(C(=O)c2ccccc2)C1=O. The van der Waals surface area contributed by atoms with Gasteiger partial charge in [0.2, 0.25) is 0 Å². The fourth-order valence-electron chi connectivity index (χ4n) is 2.63. The van der Waals surface area contributed by atoms with E-state index >= 15 is 0 Å². The Morgan fingerprint density at radius 3 is 2.08 bits per heavy atom. The number of nitrogens with zero attached hydrogens (tertiary/aromatic N) is 1. The van der Waals surface area contributed by atoms with Gasteiger partial charge in [-0.2, -0.15) is 0 Å². The van der Waals surface area contributed by atoms with Gasteiger partial charge in [0.05, 0.1) is 5.70 Å². The first-order chi connectivity index (χ1) is 12.0. The Balaban J connectivity index is 2.13. The Labute approximate surface area is 144 Å². The lowest BCUT2D eigenvalue weighted by molar-refractivity contribution is -0.125. The molecule has 2 aromatic rings. The lowest BCUT2D eigenvalue weighted by Gasteiger charge is -2.17. The number of benzene rings is 2. The van der Waals surface area contributed by atoms with Crippen molar-refractivity contribution in [1.82, 2.24) is 4.90 Å². The standard InChI is InChI=1S/C20H15NO4/c1-13(22)17-18(23)16(12-14-8-4-2-5-9-14)21(20(17)25)19(24)15-10-6-3-7-11-15/h2-12,23H,1H3/b16-12-. The van der Waals surface area contributed by atoms with Crippen LogP contribution in [0.1, 0.15) is 22.8 Å². The maximum Gasteiger partial charge on any atom is 0.272 e. The molecule has 0 radical (unpaired) electrons. The number of carbonyl (C=O) groups is 3. The normalized spacial score (nSPS) is 15.8. The van der Waals surface area contributed by atoms with Gasteiger partial charge in [-0.05, 0) is 30.7 Å². The molecule has 0 saturated heterocycles. The minimum absolute atomic E-state index is 0.00440. The molecular formula is C20H15NO4. The van der Waals surface area contributed by atoms with E-state index in [0.29, 0.717) is 5.56 Å². The predicted octanol–water partition coefficient (Wildman–Crippen LogP) is 3.11. The van der Waals surface area contributed by atoms with E-state index in [2.05, 4.69) is 0 Å². The van der Waals surface area contributed by atoms with Crippen molar-refractivity contribution < 1.29 is 19.5 Å². The van der Waals surface area contributed by atoms with Gasteiger partial charge >= 0.3 is 0 Å². The van der Waals surface area contributed by atoms with E-state index in [4.69, 9.17) is 0 Å². The summed E-state index contributed by atoms with van der Waals surface area (Å²) < 4.78 is 0. The number of amides is 2. The molecule has 5 heteroatoms. The molecular weight excluding hydrogens is 318 g/mol. The summed E-state index contributed by atoms with van der Waals surface area (Å²) in [6.07, 6.45) is 1.50. The number of imide groups is 1. The van der Waals surface area contributed by atoms with E-state index in [1.165, 1.54) is 13.0 Å². The second-order valence-corrected chi connectivity index (χ2v) is 5.53. The van der Waals surface area contributed by atoms with E-state index in [1.807, 2.05) is 6.07 Å². The van der Waals surface area contributed by atoms with E-state index in [1.54, 1.807) is 54.6 Å². The highest BCUT2D eigenvalue weighted by atomic mass is 16.3. The van der Waals surface area contributed by atoms with Crippen molar-refractivity contribution in [2.75, 3.05) is 0 Å². The molecule has 0 bridgehead atoms. The number of hydrogen-bond donors (Lipinski definition) is 1. The molecule has 0 aromatic heterocycles. The first-order valence-electron chi connectivity index (χ1n) is 7.66. The number of aliphatic hydroxyl groups is 1. The molecule has 1 heterocycles. The van der Waals surface area contributed by atoms with E-state index in [9.17, 15) is 19.5 Å². The third-order valence-corrected chi connectivity index (χ3v) is 3.82. The van der Waals surface area contributed by atoms with Crippen molar-refractivity contribution in [2.45, 2.75) is 6.92 Å². The zero-order chi connectivity index (χ0) is 18.0. The summed E-state index contributed by atoms with van der Waals surface area (Å²) in [7, 11) is 0. The molecule has 25 heavy (non-hydrogen) atoms. The van der Waals surface area contributed by atoms with Crippen LogP contribution in [0.15, 0.2) is 77.7 Å². The summed E-state index contributed by atoms with van der Waals surface area (Å²) in [5.74, 6) is -2.49. The second-order valence-electron chi connectivity index (χ2n) is 5.53. The van der Waals surface area contributed by atoms with Crippen LogP contribution in [0.25, 0.3) is 6.08 Å². The number of aliphatic hydroxyl groups excluding tert-OH is 1. The van der Waals surface area contributed by atoms with Crippen LogP contribution in [0.4, 0.5) is 0 Å². The Morgan fingerprint density at radius 1 is 0.960 bits per heavy atom. The third-order valence-electron chi connectivity index (χ3n) is 3.82. The first kappa shape index (κ1) is 16.4. The van der Waals surface area contributed by atoms with Gasteiger partial charge in [-0.1, -0.05) is 48.5 Å². The Kier molecular flexibility index (Phi) is 4.31. The first-order valence-corrected chi connectivity index (χ1v) is 7.66. The summed E-state index contributed by atoms with van der Waals surface area (Å²) in [5.41, 5.74) is 0.585. The van der Waals surface area contributed by atoms with Crippen molar-refractivity contribution in [3.8, 4) is 0 Å². The summed E-state index contributed by atoms with van der Waals surface area (Å²) in [5, 5.41) is 10.4.